The molecule has 1 aromatic rings. The van der Waals surface area contributed by atoms with E-state index in [9.17, 15) is 4.79 Å². The Morgan fingerprint density at radius 1 is 1.50 bits per heavy atom. The molecule has 0 heterocycles. The van der Waals surface area contributed by atoms with Crippen LogP contribution in [0.3, 0.4) is 0 Å². The zero-order valence-corrected chi connectivity index (χ0v) is 9.44. The summed E-state index contributed by atoms with van der Waals surface area (Å²) in [5.74, 6) is 0.597. The Labute approximate surface area is 95.7 Å². The molecule has 0 N–H and O–H groups in total. The molecule has 16 heavy (non-hydrogen) atoms. The van der Waals surface area contributed by atoms with E-state index < -0.39 is 0 Å². The van der Waals surface area contributed by atoms with E-state index in [1.54, 1.807) is 6.08 Å². The summed E-state index contributed by atoms with van der Waals surface area (Å²) in [6.07, 6.45) is 2.75. The van der Waals surface area contributed by atoms with Crippen LogP contribution in [0.25, 0.3) is 0 Å². The first kappa shape index (κ1) is 12.3. The lowest BCUT2D eigenvalue weighted by molar-refractivity contribution is -0.140. The van der Waals surface area contributed by atoms with E-state index in [4.69, 9.17) is 4.74 Å². The minimum absolute atomic E-state index is 0.197. The van der Waals surface area contributed by atoms with Crippen LogP contribution >= 0.6 is 0 Å². The van der Waals surface area contributed by atoms with E-state index in [0.29, 0.717) is 19.4 Å². The van der Waals surface area contributed by atoms with Crippen molar-refractivity contribution in [2.45, 2.75) is 12.8 Å². The lowest BCUT2D eigenvalue weighted by atomic mass is 10.1. The molecule has 0 saturated carbocycles. The molecular weight excluding hydrogens is 204 g/mol. The van der Waals surface area contributed by atoms with Crippen molar-refractivity contribution in [3.63, 3.8) is 0 Å². The van der Waals surface area contributed by atoms with Crippen molar-refractivity contribution in [1.29, 1.82) is 0 Å². The second-order valence-electron chi connectivity index (χ2n) is 3.32. The van der Waals surface area contributed by atoms with Crippen LogP contribution in [0.4, 0.5) is 0 Å². The second-order valence-corrected chi connectivity index (χ2v) is 3.32. The maximum absolute atomic E-state index is 11.0. The Hall–Kier alpha value is -1.77. The topological polar surface area (TPSA) is 35.5 Å². The third-order valence-corrected chi connectivity index (χ3v) is 2.11. The quantitative estimate of drug-likeness (QED) is 0.545. The number of hydrogen-bond donors (Lipinski definition) is 0. The highest BCUT2D eigenvalue weighted by atomic mass is 16.5. The van der Waals surface area contributed by atoms with Crippen LogP contribution < -0.4 is 4.74 Å². The zero-order chi connectivity index (χ0) is 11.8. The van der Waals surface area contributed by atoms with Crippen molar-refractivity contribution in [2.75, 3.05) is 13.7 Å². The van der Waals surface area contributed by atoms with E-state index >= 15 is 0 Å². The molecule has 3 nitrogen and oxygen atoms in total. The number of aryl methyl sites for hydroxylation is 1. The summed E-state index contributed by atoms with van der Waals surface area (Å²) < 4.78 is 9.98. The summed E-state index contributed by atoms with van der Waals surface area (Å²) in [5.41, 5.74) is 1.06. The van der Waals surface area contributed by atoms with Crippen LogP contribution in [0.5, 0.6) is 5.75 Å². The Kier molecular flexibility index (Phi) is 5.12. The van der Waals surface area contributed by atoms with Gasteiger partial charge in [0.2, 0.25) is 0 Å². The monoisotopic (exact) mass is 220 g/mol. The fourth-order valence-corrected chi connectivity index (χ4v) is 1.29. The van der Waals surface area contributed by atoms with Gasteiger partial charge in [-0.05, 0) is 24.1 Å². The predicted octanol–water partition coefficient (Wildman–Crippen LogP) is 2.36. The summed E-state index contributed by atoms with van der Waals surface area (Å²) in [4.78, 5) is 11.0. The largest absolute Gasteiger partial charge is 0.490 e. The van der Waals surface area contributed by atoms with Gasteiger partial charge in [-0.25, -0.2) is 0 Å². The van der Waals surface area contributed by atoms with Gasteiger partial charge in [0.25, 0.3) is 0 Å². The third kappa shape index (κ3) is 4.17. The number of hydrogen-bond acceptors (Lipinski definition) is 3. The van der Waals surface area contributed by atoms with Gasteiger partial charge in [0.05, 0.1) is 7.11 Å². The van der Waals surface area contributed by atoms with E-state index in [-0.39, 0.29) is 5.97 Å². The highest BCUT2D eigenvalue weighted by molar-refractivity contribution is 5.69. The van der Waals surface area contributed by atoms with Gasteiger partial charge < -0.3 is 9.47 Å². The number of rotatable bonds is 6. The van der Waals surface area contributed by atoms with Gasteiger partial charge in [0.15, 0.2) is 0 Å². The van der Waals surface area contributed by atoms with E-state index in [0.717, 1.165) is 11.3 Å². The van der Waals surface area contributed by atoms with E-state index in [1.807, 2.05) is 24.3 Å². The average molecular weight is 220 g/mol. The molecule has 0 aliphatic heterocycles. The first-order valence-corrected chi connectivity index (χ1v) is 5.15. The molecule has 0 saturated heterocycles. The molecule has 1 aromatic carbocycles. The van der Waals surface area contributed by atoms with Crippen molar-refractivity contribution in [3.8, 4) is 5.75 Å². The minimum Gasteiger partial charge on any atom is -0.490 e. The maximum atomic E-state index is 11.0. The number of carbonyl (C=O) groups is 1. The predicted molar refractivity (Wildman–Crippen MR) is 62.5 cm³/mol. The third-order valence-electron chi connectivity index (χ3n) is 2.11. The number of esters is 1. The van der Waals surface area contributed by atoms with Crippen LogP contribution in [0.2, 0.25) is 0 Å². The molecular formula is C13H16O3. The lowest BCUT2D eigenvalue weighted by Crippen LogP contribution is -2.02. The number of benzene rings is 1. The summed E-state index contributed by atoms with van der Waals surface area (Å²) in [6.45, 7) is 4.07. The molecule has 0 bridgehead atoms. The molecule has 0 aliphatic rings. The Morgan fingerprint density at radius 2 is 2.31 bits per heavy atom. The van der Waals surface area contributed by atoms with Gasteiger partial charge in [-0.2, -0.15) is 0 Å². The number of methoxy groups -OCH3 is 1. The average Bonchev–Trinajstić information content (AvgIpc) is 2.34. The fourth-order valence-electron chi connectivity index (χ4n) is 1.29. The lowest BCUT2D eigenvalue weighted by Gasteiger charge is -2.05. The van der Waals surface area contributed by atoms with Gasteiger partial charge in [0.1, 0.15) is 12.4 Å². The second kappa shape index (κ2) is 6.67. The van der Waals surface area contributed by atoms with Crippen LogP contribution in [0, 0.1) is 0 Å². The smallest absolute Gasteiger partial charge is 0.305 e. The highest BCUT2D eigenvalue weighted by Gasteiger charge is 2.02. The summed E-state index contributed by atoms with van der Waals surface area (Å²) in [7, 11) is 1.39. The zero-order valence-electron chi connectivity index (χ0n) is 9.44. The van der Waals surface area contributed by atoms with Crippen LogP contribution in [-0.2, 0) is 16.0 Å². The highest BCUT2D eigenvalue weighted by Crippen LogP contribution is 2.14. The molecule has 0 amide bonds. The van der Waals surface area contributed by atoms with Gasteiger partial charge >= 0.3 is 5.97 Å². The summed E-state index contributed by atoms with van der Waals surface area (Å²) in [5, 5.41) is 0. The molecule has 0 unspecified atom stereocenters. The summed E-state index contributed by atoms with van der Waals surface area (Å²) >= 11 is 0. The van der Waals surface area contributed by atoms with Gasteiger partial charge in [0, 0.05) is 6.42 Å². The SMILES string of the molecule is C=CCOc1cccc(CCC(=O)OC)c1. The Morgan fingerprint density at radius 3 is 3.00 bits per heavy atom. The molecule has 0 atom stereocenters. The molecule has 86 valence electrons. The number of ether oxygens (including phenoxy) is 2. The molecule has 0 fully saturated rings. The van der Waals surface area contributed by atoms with Crippen LogP contribution in [-0.4, -0.2) is 19.7 Å². The Balaban J connectivity index is 2.53. The number of carbonyl (C=O) groups excluding carboxylic acids is 1. The van der Waals surface area contributed by atoms with Crippen LogP contribution in [0.15, 0.2) is 36.9 Å². The van der Waals surface area contributed by atoms with Gasteiger partial charge in [-0.1, -0.05) is 24.8 Å². The molecule has 0 spiro atoms. The molecule has 1 rings (SSSR count). The fraction of sp³-hybridized carbons (Fsp3) is 0.308. The standard InChI is InChI=1S/C13H16O3/c1-3-9-16-12-6-4-5-11(10-12)7-8-13(14)15-2/h3-6,10H,1,7-9H2,2H3. The van der Waals surface area contributed by atoms with Gasteiger partial charge in [-0.3, -0.25) is 4.79 Å². The van der Waals surface area contributed by atoms with Crippen molar-refractivity contribution >= 4 is 5.97 Å². The normalized spacial score (nSPS) is 9.56. The van der Waals surface area contributed by atoms with Crippen molar-refractivity contribution in [2.24, 2.45) is 0 Å². The van der Waals surface area contributed by atoms with Crippen molar-refractivity contribution in [1.82, 2.24) is 0 Å². The first-order chi connectivity index (χ1) is 7.76. The first-order valence-electron chi connectivity index (χ1n) is 5.15. The van der Waals surface area contributed by atoms with E-state index in [1.165, 1.54) is 7.11 Å². The Bertz CT molecular complexity index is 358. The van der Waals surface area contributed by atoms with Crippen LogP contribution in [0.1, 0.15) is 12.0 Å². The van der Waals surface area contributed by atoms with Crippen molar-refractivity contribution in [3.05, 3.63) is 42.5 Å². The van der Waals surface area contributed by atoms with E-state index in [2.05, 4.69) is 11.3 Å². The van der Waals surface area contributed by atoms with Crippen molar-refractivity contribution < 1.29 is 14.3 Å². The molecule has 3 heteroatoms. The molecule has 0 radical (unpaired) electrons. The molecule has 0 aromatic heterocycles. The van der Waals surface area contributed by atoms with Gasteiger partial charge in [-0.15, -0.1) is 0 Å². The molecule has 0 aliphatic carbocycles. The maximum Gasteiger partial charge on any atom is 0.305 e. The summed E-state index contributed by atoms with van der Waals surface area (Å²) in [6, 6.07) is 7.67. The minimum atomic E-state index is -0.197.